The van der Waals surface area contributed by atoms with Crippen LogP contribution in [0.4, 0.5) is 10.3 Å². The zero-order chi connectivity index (χ0) is 15.0. The molecule has 108 valence electrons. The number of fused-ring (bicyclic) bond motifs is 1. The number of anilines is 1. The summed E-state index contributed by atoms with van der Waals surface area (Å²) in [6.45, 7) is 0.497. The topological polar surface area (TPSA) is 66.0 Å². The fourth-order valence-corrected chi connectivity index (χ4v) is 2.44. The number of nitrogens with zero attached hydrogens (tertiary/aromatic N) is 3. The number of ether oxygens (including phenoxy) is 1. The number of methoxy groups -OCH3 is 1. The van der Waals surface area contributed by atoms with Crippen molar-refractivity contribution < 1.29 is 9.13 Å². The molecule has 0 aliphatic heterocycles. The second-order valence-corrected chi connectivity index (χ2v) is 5.37. The van der Waals surface area contributed by atoms with E-state index in [1.807, 2.05) is 10.6 Å². The van der Waals surface area contributed by atoms with Crippen LogP contribution in [0.5, 0.6) is 5.88 Å². The molecule has 3 aromatic rings. The van der Waals surface area contributed by atoms with E-state index < -0.39 is 0 Å². The van der Waals surface area contributed by atoms with Gasteiger partial charge in [0.15, 0.2) is 0 Å². The largest absolute Gasteiger partial charge is 0.481 e. The second-order valence-electron chi connectivity index (χ2n) is 4.52. The SMILES string of the molecule is COc1ccc(Cn2c(N)nc3cc(F)c(Br)cc32)cn1. The van der Waals surface area contributed by atoms with E-state index in [4.69, 9.17) is 10.5 Å². The van der Waals surface area contributed by atoms with Gasteiger partial charge in [-0.1, -0.05) is 6.07 Å². The number of imidazole rings is 1. The van der Waals surface area contributed by atoms with Gasteiger partial charge in [0.05, 0.1) is 29.2 Å². The average molecular weight is 351 g/mol. The van der Waals surface area contributed by atoms with Gasteiger partial charge in [0.25, 0.3) is 0 Å². The third-order valence-electron chi connectivity index (χ3n) is 3.17. The molecule has 0 saturated carbocycles. The summed E-state index contributed by atoms with van der Waals surface area (Å²) >= 11 is 3.18. The van der Waals surface area contributed by atoms with Crippen molar-refractivity contribution in [2.45, 2.75) is 6.54 Å². The third-order valence-corrected chi connectivity index (χ3v) is 3.77. The minimum atomic E-state index is -0.363. The number of aromatic nitrogens is 3. The van der Waals surface area contributed by atoms with Crippen molar-refractivity contribution >= 4 is 32.9 Å². The van der Waals surface area contributed by atoms with Crippen LogP contribution in [0.2, 0.25) is 0 Å². The number of nitrogen functional groups attached to an aromatic ring is 1. The highest BCUT2D eigenvalue weighted by Gasteiger charge is 2.12. The summed E-state index contributed by atoms with van der Waals surface area (Å²) in [4.78, 5) is 8.33. The van der Waals surface area contributed by atoms with Gasteiger partial charge < -0.3 is 15.0 Å². The number of pyridine rings is 1. The number of hydrogen-bond donors (Lipinski definition) is 1. The number of hydrogen-bond acceptors (Lipinski definition) is 4. The van der Waals surface area contributed by atoms with Crippen molar-refractivity contribution in [1.82, 2.24) is 14.5 Å². The Bertz CT molecular complexity index is 801. The predicted octanol–water partition coefficient (Wildman–Crippen LogP) is 2.97. The third kappa shape index (κ3) is 2.56. The molecule has 2 aromatic heterocycles. The molecule has 21 heavy (non-hydrogen) atoms. The van der Waals surface area contributed by atoms with Gasteiger partial charge in [0.1, 0.15) is 5.82 Å². The maximum absolute atomic E-state index is 13.5. The molecule has 0 saturated heterocycles. The molecular weight excluding hydrogens is 339 g/mol. The number of rotatable bonds is 3. The van der Waals surface area contributed by atoms with Gasteiger partial charge in [-0.2, -0.15) is 0 Å². The standard InChI is InChI=1S/C14H12BrFN4O/c1-21-13-3-2-8(6-18-13)7-20-12-4-9(15)10(16)5-11(12)19-14(20)17/h2-6H,7H2,1H3,(H2,17,19). The summed E-state index contributed by atoms with van der Waals surface area (Å²) in [5, 5.41) is 0. The highest BCUT2D eigenvalue weighted by atomic mass is 79.9. The Morgan fingerprint density at radius 3 is 2.86 bits per heavy atom. The first-order valence-corrected chi connectivity index (χ1v) is 6.97. The van der Waals surface area contributed by atoms with Crippen LogP contribution in [-0.2, 0) is 6.54 Å². The molecule has 0 aliphatic rings. The molecule has 7 heteroatoms. The van der Waals surface area contributed by atoms with E-state index in [2.05, 4.69) is 25.9 Å². The van der Waals surface area contributed by atoms with E-state index in [9.17, 15) is 4.39 Å². The lowest BCUT2D eigenvalue weighted by molar-refractivity contribution is 0.397. The van der Waals surface area contributed by atoms with Gasteiger partial charge in [-0.15, -0.1) is 0 Å². The van der Waals surface area contributed by atoms with Crippen LogP contribution in [0.15, 0.2) is 34.9 Å². The van der Waals surface area contributed by atoms with Crippen molar-refractivity contribution in [3.05, 3.63) is 46.3 Å². The van der Waals surface area contributed by atoms with E-state index in [-0.39, 0.29) is 5.82 Å². The molecule has 2 heterocycles. The van der Waals surface area contributed by atoms with E-state index in [0.717, 1.165) is 11.1 Å². The summed E-state index contributed by atoms with van der Waals surface area (Å²) in [7, 11) is 1.56. The zero-order valence-electron chi connectivity index (χ0n) is 11.2. The maximum atomic E-state index is 13.5. The van der Waals surface area contributed by atoms with Crippen LogP contribution in [-0.4, -0.2) is 21.6 Å². The normalized spacial score (nSPS) is 11.0. The monoisotopic (exact) mass is 350 g/mol. The Hall–Kier alpha value is -2.15. The smallest absolute Gasteiger partial charge is 0.212 e. The molecule has 0 unspecified atom stereocenters. The fourth-order valence-electron chi connectivity index (χ4n) is 2.11. The maximum Gasteiger partial charge on any atom is 0.212 e. The molecule has 0 atom stereocenters. The Labute approximate surface area is 128 Å². The zero-order valence-corrected chi connectivity index (χ0v) is 12.8. The van der Waals surface area contributed by atoms with Gasteiger partial charge >= 0.3 is 0 Å². The van der Waals surface area contributed by atoms with Gasteiger partial charge in [-0.3, -0.25) is 0 Å². The van der Waals surface area contributed by atoms with E-state index >= 15 is 0 Å². The Morgan fingerprint density at radius 2 is 2.19 bits per heavy atom. The first-order valence-electron chi connectivity index (χ1n) is 6.18. The molecule has 0 aliphatic carbocycles. The highest BCUT2D eigenvalue weighted by Crippen LogP contribution is 2.26. The summed E-state index contributed by atoms with van der Waals surface area (Å²) in [5.74, 6) is 0.517. The van der Waals surface area contributed by atoms with Crippen LogP contribution in [0, 0.1) is 5.82 Å². The molecule has 0 spiro atoms. The number of halogens is 2. The number of nitrogens with two attached hydrogens (primary N) is 1. The molecule has 0 radical (unpaired) electrons. The molecular formula is C14H12BrFN4O. The molecule has 0 bridgehead atoms. The van der Waals surface area contributed by atoms with Gasteiger partial charge in [0.2, 0.25) is 11.8 Å². The summed E-state index contributed by atoms with van der Waals surface area (Å²) in [6.07, 6.45) is 1.71. The summed E-state index contributed by atoms with van der Waals surface area (Å²) < 4.78 is 20.8. The minimum Gasteiger partial charge on any atom is -0.481 e. The van der Waals surface area contributed by atoms with E-state index in [1.54, 1.807) is 25.4 Å². The van der Waals surface area contributed by atoms with Crippen LogP contribution in [0.1, 0.15) is 5.56 Å². The average Bonchev–Trinajstić information content (AvgIpc) is 2.76. The predicted molar refractivity (Wildman–Crippen MR) is 81.7 cm³/mol. The molecule has 1 aromatic carbocycles. The minimum absolute atomic E-state index is 0.332. The second kappa shape index (κ2) is 5.33. The Kier molecular flexibility index (Phi) is 3.50. The lowest BCUT2D eigenvalue weighted by atomic mass is 10.2. The number of benzene rings is 1. The molecule has 0 fully saturated rings. The van der Waals surface area contributed by atoms with E-state index in [0.29, 0.717) is 28.4 Å². The molecule has 3 rings (SSSR count). The van der Waals surface area contributed by atoms with Gasteiger partial charge in [-0.25, -0.2) is 14.4 Å². The highest BCUT2D eigenvalue weighted by molar-refractivity contribution is 9.10. The van der Waals surface area contributed by atoms with Gasteiger partial charge in [-0.05, 0) is 27.6 Å². The lowest BCUT2D eigenvalue weighted by Crippen LogP contribution is -2.05. The van der Waals surface area contributed by atoms with Crippen molar-refractivity contribution in [3.8, 4) is 5.88 Å². The van der Waals surface area contributed by atoms with Crippen LogP contribution in [0.3, 0.4) is 0 Å². The quantitative estimate of drug-likeness (QED) is 0.788. The van der Waals surface area contributed by atoms with Crippen molar-refractivity contribution in [1.29, 1.82) is 0 Å². The van der Waals surface area contributed by atoms with Crippen molar-refractivity contribution in [2.24, 2.45) is 0 Å². The van der Waals surface area contributed by atoms with E-state index in [1.165, 1.54) is 6.07 Å². The van der Waals surface area contributed by atoms with Crippen LogP contribution < -0.4 is 10.5 Å². The molecule has 0 amide bonds. The van der Waals surface area contributed by atoms with Crippen LogP contribution >= 0.6 is 15.9 Å². The van der Waals surface area contributed by atoms with Crippen molar-refractivity contribution in [2.75, 3.05) is 12.8 Å². The summed E-state index contributed by atoms with van der Waals surface area (Å²) in [5.41, 5.74) is 8.16. The summed E-state index contributed by atoms with van der Waals surface area (Å²) in [6, 6.07) is 6.71. The van der Waals surface area contributed by atoms with Gasteiger partial charge in [0, 0.05) is 18.3 Å². The first kappa shape index (κ1) is 13.8. The Morgan fingerprint density at radius 1 is 1.38 bits per heavy atom. The molecule has 5 nitrogen and oxygen atoms in total. The fraction of sp³-hybridized carbons (Fsp3) is 0.143. The van der Waals surface area contributed by atoms with Crippen LogP contribution in [0.25, 0.3) is 11.0 Å². The molecule has 2 N–H and O–H groups in total. The lowest BCUT2D eigenvalue weighted by Gasteiger charge is -2.07. The Balaban J connectivity index is 2.03. The van der Waals surface area contributed by atoms with Crippen molar-refractivity contribution in [3.63, 3.8) is 0 Å². The first-order chi connectivity index (χ1) is 10.1.